The van der Waals surface area contributed by atoms with Crippen molar-refractivity contribution >= 4 is 29.3 Å². The number of phenols is 1. The van der Waals surface area contributed by atoms with Crippen LogP contribution >= 0.6 is 23.4 Å². The lowest BCUT2D eigenvalue weighted by molar-refractivity contribution is 0.0741. The van der Waals surface area contributed by atoms with Crippen LogP contribution in [-0.2, 0) is 0 Å². The number of hydrogen-bond donors (Lipinski definition) is 2. The summed E-state index contributed by atoms with van der Waals surface area (Å²) in [7, 11) is 0. The van der Waals surface area contributed by atoms with Crippen molar-refractivity contribution in [1.82, 2.24) is 15.1 Å². The molecule has 0 fully saturated rings. The van der Waals surface area contributed by atoms with Crippen LogP contribution in [0.2, 0.25) is 5.02 Å². The number of aromatic amines is 1. The molecule has 7 heteroatoms. The van der Waals surface area contributed by atoms with Crippen LogP contribution in [0.25, 0.3) is 11.3 Å². The van der Waals surface area contributed by atoms with Crippen LogP contribution in [0.3, 0.4) is 0 Å². The number of carbonyl (C=O) groups excluding carboxylic acids is 1. The third-order valence-corrected chi connectivity index (χ3v) is 6.73. The van der Waals surface area contributed by atoms with Crippen molar-refractivity contribution in [3.63, 3.8) is 0 Å². The van der Waals surface area contributed by atoms with E-state index >= 15 is 0 Å². The molecule has 156 valence electrons. The number of phenolic OH excluding ortho intramolecular Hbond substituents is 1. The summed E-state index contributed by atoms with van der Waals surface area (Å²) in [4.78, 5) is 16.3. The maximum atomic E-state index is 13.2. The van der Waals surface area contributed by atoms with E-state index in [1.807, 2.05) is 18.1 Å². The number of unbranched alkanes of at least 4 members (excludes halogenated alkanes) is 1. The van der Waals surface area contributed by atoms with Gasteiger partial charge in [0.2, 0.25) is 0 Å². The summed E-state index contributed by atoms with van der Waals surface area (Å²) in [5.74, 6) is 0.0379. The molecule has 1 aliphatic heterocycles. The van der Waals surface area contributed by atoms with Crippen LogP contribution in [0.1, 0.15) is 53.0 Å². The summed E-state index contributed by atoms with van der Waals surface area (Å²) >= 11 is 8.02. The number of aryl methyl sites for hydroxylation is 1. The predicted molar refractivity (Wildman–Crippen MR) is 121 cm³/mol. The Bertz CT molecular complexity index is 1090. The molecule has 0 aliphatic carbocycles. The molecular weight excluding hydrogens is 418 g/mol. The number of halogens is 1. The number of fused-ring (bicyclic) bond motifs is 1. The molecule has 0 bridgehead atoms. The summed E-state index contributed by atoms with van der Waals surface area (Å²) in [6.07, 6.45) is 3.95. The zero-order valence-electron chi connectivity index (χ0n) is 17.2. The highest BCUT2D eigenvalue weighted by atomic mass is 35.5. The number of rotatable bonds is 6. The van der Waals surface area contributed by atoms with Crippen molar-refractivity contribution in [2.24, 2.45) is 0 Å². The van der Waals surface area contributed by atoms with Gasteiger partial charge in [-0.1, -0.05) is 37.1 Å². The van der Waals surface area contributed by atoms with Crippen LogP contribution < -0.4 is 0 Å². The Labute approximate surface area is 185 Å². The van der Waals surface area contributed by atoms with Crippen molar-refractivity contribution in [1.29, 1.82) is 0 Å². The Kier molecular flexibility index (Phi) is 5.80. The van der Waals surface area contributed by atoms with Gasteiger partial charge in [0.25, 0.3) is 5.91 Å². The van der Waals surface area contributed by atoms with Gasteiger partial charge in [0.1, 0.15) is 17.1 Å². The predicted octanol–water partition coefficient (Wildman–Crippen LogP) is 5.81. The average molecular weight is 442 g/mol. The number of hydrogen-bond acceptors (Lipinski definition) is 4. The van der Waals surface area contributed by atoms with E-state index < -0.39 is 0 Å². The molecule has 0 saturated carbocycles. The number of benzene rings is 2. The summed E-state index contributed by atoms with van der Waals surface area (Å²) < 4.78 is 0. The first-order valence-corrected chi connectivity index (χ1v) is 11.6. The second-order valence-corrected chi connectivity index (χ2v) is 8.79. The maximum Gasteiger partial charge on any atom is 0.273 e. The first kappa shape index (κ1) is 20.8. The number of thioether (sulfide) groups is 1. The molecule has 2 aromatic carbocycles. The second kappa shape index (κ2) is 8.36. The molecule has 2 N–H and O–H groups in total. The number of nitrogens with one attached hydrogen (secondary N) is 1. The molecule has 3 aromatic rings. The highest BCUT2D eigenvalue weighted by Crippen LogP contribution is 2.45. The molecule has 30 heavy (non-hydrogen) atoms. The Balaban J connectivity index is 1.88. The van der Waals surface area contributed by atoms with Crippen LogP contribution in [0.4, 0.5) is 0 Å². The summed E-state index contributed by atoms with van der Waals surface area (Å²) in [5, 5.41) is 18.5. The van der Waals surface area contributed by atoms with Gasteiger partial charge in [-0.15, -0.1) is 11.8 Å². The smallest absolute Gasteiger partial charge is 0.273 e. The van der Waals surface area contributed by atoms with E-state index in [-0.39, 0.29) is 17.7 Å². The molecule has 0 spiro atoms. The van der Waals surface area contributed by atoms with Gasteiger partial charge in [0, 0.05) is 27.6 Å². The molecule has 1 atom stereocenters. The largest absolute Gasteiger partial charge is 0.507 e. The fraction of sp³-hybridized carbons (Fsp3) is 0.304. The van der Waals surface area contributed by atoms with Gasteiger partial charge in [0.15, 0.2) is 0 Å². The minimum absolute atomic E-state index is 0.0613. The van der Waals surface area contributed by atoms with E-state index in [0.29, 0.717) is 28.5 Å². The zero-order chi connectivity index (χ0) is 21.4. The van der Waals surface area contributed by atoms with Gasteiger partial charge < -0.3 is 10.0 Å². The van der Waals surface area contributed by atoms with E-state index in [1.54, 1.807) is 23.9 Å². The Hall–Kier alpha value is -2.44. The van der Waals surface area contributed by atoms with Gasteiger partial charge >= 0.3 is 0 Å². The molecule has 5 nitrogen and oxygen atoms in total. The maximum absolute atomic E-state index is 13.2. The fourth-order valence-electron chi connectivity index (χ4n) is 3.95. The first-order valence-electron chi connectivity index (χ1n) is 9.98. The number of amides is 1. The molecule has 0 saturated heterocycles. The van der Waals surface area contributed by atoms with E-state index in [9.17, 15) is 9.90 Å². The lowest BCUT2D eigenvalue weighted by atomic mass is 9.95. The van der Waals surface area contributed by atoms with Gasteiger partial charge in [0.05, 0.1) is 6.04 Å². The third-order valence-electron chi connectivity index (χ3n) is 5.58. The third kappa shape index (κ3) is 3.48. The Morgan fingerprint density at radius 3 is 2.67 bits per heavy atom. The number of carbonyl (C=O) groups is 1. The normalized spacial score (nSPS) is 15.7. The first-order chi connectivity index (χ1) is 14.5. The Morgan fingerprint density at radius 1 is 1.27 bits per heavy atom. The quantitative estimate of drug-likeness (QED) is 0.473. The monoisotopic (exact) mass is 441 g/mol. The van der Waals surface area contributed by atoms with Crippen LogP contribution in [0, 0.1) is 6.92 Å². The SMILES string of the molecule is CCCCN1C(=O)c2[nH]nc(-c3cc(Cl)c(C)cc3O)c2C1c1ccc(SC)cc1. The number of H-pyrrole nitrogens is 1. The van der Waals surface area contributed by atoms with Crippen molar-refractivity contribution in [2.75, 3.05) is 12.8 Å². The topological polar surface area (TPSA) is 69.2 Å². The van der Waals surface area contributed by atoms with Gasteiger partial charge in [-0.2, -0.15) is 5.10 Å². The molecular formula is C23H24ClN3O2S. The number of aromatic nitrogens is 2. The van der Waals surface area contributed by atoms with Crippen LogP contribution in [-0.4, -0.2) is 38.9 Å². The molecule has 0 radical (unpaired) electrons. The van der Waals surface area contributed by atoms with Gasteiger partial charge in [-0.05, 0) is 55.0 Å². The van der Waals surface area contributed by atoms with Crippen molar-refractivity contribution in [2.45, 2.75) is 37.6 Å². The molecule has 4 rings (SSSR count). The summed E-state index contributed by atoms with van der Waals surface area (Å²) in [6.45, 7) is 4.61. The molecule has 1 aliphatic rings. The van der Waals surface area contributed by atoms with E-state index in [4.69, 9.17) is 11.6 Å². The highest BCUT2D eigenvalue weighted by molar-refractivity contribution is 7.98. The summed E-state index contributed by atoms with van der Waals surface area (Å²) in [6, 6.07) is 11.4. The lowest BCUT2D eigenvalue weighted by Gasteiger charge is -2.26. The van der Waals surface area contributed by atoms with E-state index in [0.717, 1.165) is 29.5 Å². The second-order valence-electron chi connectivity index (χ2n) is 7.51. The Morgan fingerprint density at radius 2 is 2.00 bits per heavy atom. The minimum Gasteiger partial charge on any atom is -0.507 e. The minimum atomic E-state index is -0.261. The van der Waals surface area contributed by atoms with Crippen LogP contribution in [0.15, 0.2) is 41.3 Å². The molecule has 1 aromatic heterocycles. The standard InChI is InChI=1S/C23H24ClN3O2S/c1-4-5-10-27-22(14-6-8-15(30-3)9-7-14)19-20(25-26-21(19)23(27)29)16-12-17(24)13(2)11-18(16)28/h6-9,11-12,22,28H,4-5,10H2,1-3H3,(H,25,26). The summed E-state index contributed by atoms with van der Waals surface area (Å²) in [5.41, 5.74) is 4.18. The van der Waals surface area contributed by atoms with Crippen molar-refractivity contribution < 1.29 is 9.90 Å². The molecule has 1 amide bonds. The van der Waals surface area contributed by atoms with Crippen molar-refractivity contribution in [3.8, 4) is 17.0 Å². The van der Waals surface area contributed by atoms with Gasteiger partial charge in [-0.3, -0.25) is 9.89 Å². The zero-order valence-corrected chi connectivity index (χ0v) is 18.8. The van der Waals surface area contributed by atoms with Crippen molar-refractivity contribution in [3.05, 3.63) is 63.8 Å². The number of aromatic hydroxyl groups is 1. The van der Waals surface area contributed by atoms with Crippen LogP contribution in [0.5, 0.6) is 5.75 Å². The average Bonchev–Trinajstić information content (AvgIpc) is 3.28. The fourth-order valence-corrected chi connectivity index (χ4v) is 4.52. The highest BCUT2D eigenvalue weighted by Gasteiger charge is 2.42. The van der Waals surface area contributed by atoms with Gasteiger partial charge in [-0.25, -0.2) is 0 Å². The van der Waals surface area contributed by atoms with E-state index in [2.05, 4.69) is 41.4 Å². The lowest BCUT2D eigenvalue weighted by Crippen LogP contribution is -2.30. The number of nitrogens with zero attached hydrogens (tertiary/aromatic N) is 2. The van der Waals surface area contributed by atoms with E-state index in [1.165, 1.54) is 4.90 Å². The molecule has 2 heterocycles. The molecule has 1 unspecified atom stereocenters.